The number of alkyl halides is 2. The van der Waals surface area contributed by atoms with Gasteiger partial charge in [0.2, 0.25) is 5.91 Å². The van der Waals surface area contributed by atoms with Crippen LogP contribution in [0.3, 0.4) is 0 Å². The summed E-state index contributed by atoms with van der Waals surface area (Å²) in [5.74, 6) is 0.242. The van der Waals surface area contributed by atoms with Gasteiger partial charge in [0, 0.05) is 29.6 Å². The Hall–Kier alpha value is -1.66. The first-order chi connectivity index (χ1) is 13.3. The van der Waals surface area contributed by atoms with Crippen LogP contribution in [-0.4, -0.2) is 44.0 Å². The van der Waals surface area contributed by atoms with Crippen LogP contribution in [0.4, 0.5) is 8.78 Å². The quantitative estimate of drug-likeness (QED) is 0.293. The van der Waals surface area contributed by atoms with E-state index >= 15 is 0 Å². The number of nitrogens with zero attached hydrogens (tertiary/aromatic N) is 2. The van der Waals surface area contributed by atoms with E-state index in [2.05, 4.69) is 20.4 Å². The van der Waals surface area contributed by atoms with Gasteiger partial charge in [0.15, 0.2) is 5.96 Å². The highest BCUT2D eigenvalue weighted by molar-refractivity contribution is 14.0. The predicted molar refractivity (Wildman–Crippen MR) is 122 cm³/mol. The summed E-state index contributed by atoms with van der Waals surface area (Å²) in [6, 6.07) is 8.26. The SMILES string of the molecule is CN(C)C(=O)CNC(=NCc1cc(Cl)ccc1OC(F)F)NCc1cccs1.I. The fraction of sp³-hybridized carbons (Fsp3) is 0.333. The molecule has 1 heterocycles. The number of hydrogen-bond acceptors (Lipinski definition) is 4. The highest BCUT2D eigenvalue weighted by atomic mass is 127. The van der Waals surface area contributed by atoms with Crippen molar-refractivity contribution in [2.24, 2.45) is 4.99 Å². The van der Waals surface area contributed by atoms with Crippen molar-refractivity contribution in [2.45, 2.75) is 19.7 Å². The average molecular weight is 559 g/mol. The molecule has 0 aliphatic carbocycles. The number of rotatable bonds is 8. The molecule has 1 aromatic heterocycles. The molecule has 0 radical (unpaired) electrons. The molecule has 6 nitrogen and oxygen atoms in total. The topological polar surface area (TPSA) is 66.0 Å². The Labute approximate surface area is 194 Å². The van der Waals surface area contributed by atoms with E-state index in [0.717, 1.165) is 4.88 Å². The third-order valence-electron chi connectivity index (χ3n) is 3.56. The number of benzene rings is 1. The zero-order valence-corrected chi connectivity index (χ0v) is 19.7. The van der Waals surface area contributed by atoms with Crippen LogP contribution in [0.5, 0.6) is 5.75 Å². The maximum atomic E-state index is 12.6. The Kier molecular flexibility index (Phi) is 11.2. The van der Waals surface area contributed by atoms with E-state index in [4.69, 9.17) is 11.6 Å². The minimum absolute atomic E-state index is 0. The number of hydrogen-bond donors (Lipinski definition) is 2. The third kappa shape index (κ3) is 9.13. The van der Waals surface area contributed by atoms with Crippen LogP contribution in [0.1, 0.15) is 10.4 Å². The molecule has 160 valence electrons. The molecule has 29 heavy (non-hydrogen) atoms. The molecule has 0 unspecified atom stereocenters. The molecule has 0 fully saturated rings. The zero-order valence-electron chi connectivity index (χ0n) is 15.8. The van der Waals surface area contributed by atoms with Gasteiger partial charge in [0.25, 0.3) is 0 Å². The summed E-state index contributed by atoms with van der Waals surface area (Å²) < 4.78 is 29.7. The molecular weight excluding hydrogens is 537 g/mol. The fourth-order valence-electron chi connectivity index (χ4n) is 2.12. The largest absolute Gasteiger partial charge is 0.434 e. The molecule has 0 bridgehead atoms. The summed E-state index contributed by atoms with van der Waals surface area (Å²) in [7, 11) is 3.31. The van der Waals surface area contributed by atoms with Gasteiger partial charge >= 0.3 is 6.61 Å². The van der Waals surface area contributed by atoms with E-state index in [1.165, 1.54) is 23.1 Å². The molecule has 0 spiro atoms. The van der Waals surface area contributed by atoms with Crippen LogP contribution < -0.4 is 15.4 Å². The molecule has 2 rings (SSSR count). The summed E-state index contributed by atoms with van der Waals surface area (Å²) in [4.78, 5) is 18.8. The smallest absolute Gasteiger partial charge is 0.387 e. The van der Waals surface area contributed by atoms with Gasteiger partial charge in [-0.15, -0.1) is 35.3 Å². The van der Waals surface area contributed by atoms with Gasteiger partial charge in [-0.25, -0.2) is 4.99 Å². The average Bonchev–Trinajstić information content (AvgIpc) is 3.15. The number of ether oxygens (including phenoxy) is 1. The van der Waals surface area contributed by atoms with Crippen LogP contribution in [-0.2, 0) is 17.9 Å². The molecule has 0 saturated carbocycles. The Bertz CT molecular complexity index is 807. The zero-order chi connectivity index (χ0) is 20.5. The van der Waals surface area contributed by atoms with Crippen molar-refractivity contribution in [3.05, 3.63) is 51.2 Å². The molecule has 0 atom stereocenters. The van der Waals surface area contributed by atoms with Gasteiger partial charge in [0.1, 0.15) is 5.75 Å². The van der Waals surface area contributed by atoms with Crippen molar-refractivity contribution in [2.75, 3.05) is 20.6 Å². The Morgan fingerprint density at radius 3 is 2.69 bits per heavy atom. The molecule has 0 aliphatic heterocycles. The number of nitrogens with one attached hydrogen (secondary N) is 2. The lowest BCUT2D eigenvalue weighted by molar-refractivity contribution is -0.127. The van der Waals surface area contributed by atoms with Crippen LogP contribution in [0, 0.1) is 0 Å². The lowest BCUT2D eigenvalue weighted by Crippen LogP contribution is -2.42. The number of thiophene rings is 1. The Morgan fingerprint density at radius 1 is 1.31 bits per heavy atom. The van der Waals surface area contributed by atoms with Gasteiger partial charge < -0.3 is 20.3 Å². The van der Waals surface area contributed by atoms with Crippen molar-refractivity contribution in [1.82, 2.24) is 15.5 Å². The van der Waals surface area contributed by atoms with E-state index < -0.39 is 6.61 Å². The second-order valence-corrected chi connectivity index (χ2v) is 7.34. The summed E-state index contributed by atoms with van der Waals surface area (Å²) in [6.45, 7) is -2.36. The van der Waals surface area contributed by atoms with Gasteiger partial charge in [-0.1, -0.05) is 17.7 Å². The lowest BCUT2D eigenvalue weighted by atomic mass is 10.2. The van der Waals surface area contributed by atoms with Gasteiger partial charge in [-0.3, -0.25) is 4.79 Å². The second kappa shape index (κ2) is 12.8. The van der Waals surface area contributed by atoms with Crippen molar-refractivity contribution in [3.63, 3.8) is 0 Å². The predicted octanol–water partition coefficient (Wildman–Crippen LogP) is 3.94. The fourth-order valence-corrected chi connectivity index (χ4v) is 2.96. The Morgan fingerprint density at radius 2 is 2.07 bits per heavy atom. The Balaban J connectivity index is 0.00000420. The first-order valence-electron chi connectivity index (χ1n) is 8.33. The lowest BCUT2D eigenvalue weighted by Gasteiger charge is -2.15. The van der Waals surface area contributed by atoms with Crippen molar-refractivity contribution < 1.29 is 18.3 Å². The number of aliphatic imine (C=N–C) groups is 1. The standard InChI is InChI=1S/C18H21ClF2N4O2S.HI/c1-25(2)16(26)11-24-18(23-10-14-4-3-7-28-14)22-9-12-8-13(19)5-6-15(12)27-17(20)21;/h3-8,17H,9-11H2,1-2H3,(H2,22,23,24);1H. The van der Waals surface area contributed by atoms with Gasteiger partial charge in [0.05, 0.1) is 19.6 Å². The summed E-state index contributed by atoms with van der Waals surface area (Å²) >= 11 is 7.54. The molecule has 2 aromatic rings. The molecule has 0 saturated heterocycles. The summed E-state index contributed by atoms with van der Waals surface area (Å²) in [5, 5.41) is 8.40. The summed E-state index contributed by atoms with van der Waals surface area (Å²) in [5.41, 5.74) is 0.406. The highest BCUT2D eigenvalue weighted by Gasteiger charge is 2.11. The number of amides is 1. The molecule has 1 amide bonds. The van der Waals surface area contributed by atoms with Gasteiger partial charge in [-0.05, 0) is 29.6 Å². The van der Waals surface area contributed by atoms with Crippen LogP contribution in [0.2, 0.25) is 5.02 Å². The molecule has 0 aliphatic rings. The number of carbonyl (C=O) groups is 1. The minimum Gasteiger partial charge on any atom is -0.434 e. The van der Waals surface area contributed by atoms with Gasteiger partial charge in [-0.2, -0.15) is 8.78 Å². The molecule has 1 aromatic carbocycles. The first kappa shape index (κ1) is 25.4. The van der Waals surface area contributed by atoms with E-state index in [-0.39, 0.29) is 48.7 Å². The normalized spacial score (nSPS) is 11.0. The van der Waals surface area contributed by atoms with E-state index in [1.807, 2.05) is 17.5 Å². The highest BCUT2D eigenvalue weighted by Crippen LogP contribution is 2.25. The first-order valence-corrected chi connectivity index (χ1v) is 9.59. The number of carbonyl (C=O) groups excluding carboxylic acids is 1. The van der Waals surface area contributed by atoms with Crippen molar-refractivity contribution in [1.29, 1.82) is 0 Å². The maximum Gasteiger partial charge on any atom is 0.387 e. The maximum absolute atomic E-state index is 12.6. The van der Waals surface area contributed by atoms with E-state index in [1.54, 1.807) is 25.4 Å². The monoisotopic (exact) mass is 558 g/mol. The van der Waals surface area contributed by atoms with Crippen molar-refractivity contribution >= 4 is 58.8 Å². The third-order valence-corrected chi connectivity index (χ3v) is 4.67. The van der Waals surface area contributed by atoms with E-state index in [9.17, 15) is 13.6 Å². The second-order valence-electron chi connectivity index (χ2n) is 5.87. The number of guanidine groups is 1. The van der Waals surface area contributed by atoms with Crippen LogP contribution in [0.15, 0.2) is 40.7 Å². The summed E-state index contributed by atoms with van der Waals surface area (Å²) in [6.07, 6.45) is 0. The molecule has 11 heteroatoms. The van der Waals surface area contributed by atoms with Crippen LogP contribution in [0.25, 0.3) is 0 Å². The van der Waals surface area contributed by atoms with Crippen molar-refractivity contribution in [3.8, 4) is 5.75 Å². The molecule has 2 N–H and O–H groups in total. The van der Waals surface area contributed by atoms with E-state index in [0.29, 0.717) is 23.1 Å². The van der Waals surface area contributed by atoms with Crippen LogP contribution >= 0.6 is 46.9 Å². The minimum atomic E-state index is -2.95. The number of halogens is 4. The molecular formula is C18H22ClF2IN4O2S. The number of likely N-dealkylation sites (N-methyl/N-ethyl adjacent to an activating group) is 1.